The number of hydrogen-bond acceptors (Lipinski definition) is 6. The number of rotatable bonds is 22. The van der Waals surface area contributed by atoms with Crippen LogP contribution in [-0.2, 0) is 4.84 Å². The van der Waals surface area contributed by atoms with E-state index in [0.717, 1.165) is 39.4 Å². The van der Waals surface area contributed by atoms with E-state index in [0.29, 0.717) is 48.1 Å². The van der Waals surface area contributed by atoms with E-state index in [1.807, 2.05) is 132 Å². The normalized spacial score (nSPS) is 15.1. The Morgan fingerprint density at radius 3 is 1.64 bits per heavy atom. The van der Waals surface area contributed by atoms with Crippen molar-refractivity contribution in [3.8, 4) is 0 Å². The Bertz CT molecular complexity index is 1730. The standard InChI is InChI=1S/C24H35N3O.C23H27FN2.5C2H6/c1-7-10-22(15-18(3)21-13-14-21)20(5)26-23(8-2)16-25-19(4)17-28-27(6)24-11-9-12-24;1-6-9-20(14-16(3)19-12-13-19)17(4)26-23(7-2)18(5)25-22-11-8-10-21(24)15-22;5*1-2/h7-8,10,15,21,24-25H,2-5,9,11-14,16-17H2,1,6H3;6-11,14-15,18-19,25H,2-4,12-13H2,1,5H3;5*1-2H3/b10-7-,22-15+,26-23?;9-6-,20-14+,26-23?;;;;;/t;18-;;;;;/m.0...../s1. The molecule has 0 radical (unpaired) electrons. The van der Waals surface area contributed by atoms with Gasteiger partial charge >= 0.3 is 0 Å². The number of benzene rings is 1. The lowest BCUT2D eigenvalue weighted by Crippen LogP contribution is -2.38. The second-order valence-corrected chi connectivity index (χ2v) is 14.1. The van der Waals surface area contributed by atoms with Gasteiger partial charge in [0, 0.05) is 24.5 Å². The van der Waals surface area contributed by atoms with Crippen LogP contribution < -0.4 is 10.6 Å². The summed E-state index contributed by atoms with van der Waals surface area (Å²) >= 11 is 0. The average Bonchev–Trinajstić information content (AvgIpc) is 4.24. The van der Waals surface area contributed by atoms with Crippen LogP contribution in [0.1, 0.15) is 135 Å². The molecule has 3 aliphatic carbocycles. The van der Waals surface area contributed by atoms with Crippen LogP contribution in [0.2, 0.25) is 0 Å². The molecule has 0 aliphatic heterocycles. The summed E-state index contributed by atoms with van der Waals surface area (Å²) in [6.45, 7) is 55.2. The highest BCUT2D eigenvalue weighted by atomic mass is 19.1. The van der Waals surface area contributed by atoms with Crippen LogP contribution in [0.25, 0.3) is 0 Å². The summed E-state index contributed by atoms with van der Waals surface area (Å²) in [7, 11) is 1.99. The highest BCUT2D eigenvalue weighted by Crippen LogP contribution is 2.38. The van der Waals surface area contributed by atoms with Crippen molar-refractivity contribution in [1.82, 2.24) is 10.4 Å². The topological polar surface area (TPSA) is 61.3 Å². The summed E-state index contributed by atoms with van der Waals surface area (Å²) in [4.78, 5) is 15.1. The predicted molar refractivity (Wildman–Crippen MR) is 288 cm³/mol. The Labute approximate surface area is 393 Å². The molecule has 4 rings (SSSR count). The first-order valence-corrected chi connectivity index (χ1v) is 24.0. The second kappa shape index (κ2) is 39.7. The minimum absolute atomic E-state index is 0.135. The molecule has 358 valence electrons. The monoisotopic (exact) mass is 882 g/mol. The second-order valence-electron chi connectivity index (χ2n) is 14.1. The zero-order chi connectivity index (χ0) is 49.6. The zero-order valence-corrected chi connectivity index (χ0v) is 43.2. The fraction of sp³-hybridized carbons (Fsp3) is 0.474. The molecule has 6 nitrogen and oxygen atoms in total. The first-order valence-electron chi connectivity index (χ1n) is 24.0. The third-order valence-electron chi connectivity index (χ3n) is 9.43. The van der Waals surface area contributed by atoms with Gasteiger partial charge in [-0.1, -0.05) is 163 Å². The van der Waals surface area contributed by atoms with Gasteiger partial charge in [0.15, 0.2) is 0 Å². The summed E-state index contributed by atoms with van der Waals surface area (Å²) in [6.07, 6.45) is 24.2. The third kappa shape index (κ3) is 27.4. The summed E-state index contributed by atoms with van der Waals surface area (Å²) in [6, 6.07) is 6.77. The largest absolute Gasteiger partial charge is 0.381 e. The molecule has 0 aromatic heterocycles. The summed E-state index contributed by atoms with van der Waals surface area (Å²) in [5.41, 5.74) is 8.66. The van der Waals surface area contributed by atoms with Crippen molar-refractivity contribution >= 4 is 17.1 Å². The van der Waals surface area contributed by atoms with Crippen LogP contribution in [0.5, 0.6) is 0 Å². The van der Waals surface area contributed by atoms with Gasteiger partial charge in [-0.15, -0.1) is 0 Å². The van der Waals surface area contributed by atoms with Crippen LogP contribution in [0.3, 0.4) is 0 Å². The molecule has 0 heterocycles. The number of nitrogens with zero attached hydrogens (tertiary/aromatic N) is 3. The van der Waals surface area contributed by atoms with Crippen LogP contribution >= 0.6 is 0 Å². The lowest BCUT2D eigenvalue weighted by molar-refractivity contribution is -0.176. The number of aliphatic imine (C=N–C) groups is 2. The van der Waals surface area contributed by atoms with Crippen LogP contribution in [0.4, 0.5) is 10.1 Å². The molecular weight excluding hydrogens is 790 g/mol. The van der Waals surface area contributed by atoms with Gasteiger partial charge in [0.2, 0.25) is 0 Å². The summed E-state index contributed by atoms with van der Waals surface area (Å²) in [5, 5.41) is 8.45. The Kier molecular flexibility index (Phi) is 39.4. The van der Waals surface area contributed by atoms with E-state index >= 15 is 0 Å². The van der Waals surface area contributed by atoms with E-state index in [-0.39, 0.29) is 11.9 Å². The fourth-order valence-corrected chi connectivity index (χ4v) is 5.50. The molecule has 0 saturated heterocycles. The molecule has 3 fully saturated rings. The molecule has 0 unspecified atom stereocenters. The van der Waals surface area contributed by atoms with E-state index in [1.54, 1.807) is 18.2 Å². The maximum Gasteiger partial charge on any atom is 0.125 e. The highest BCUT2D eigenvalue weighted by molar-refractivity contribution is 6.01. The Balaban J connectivity index is -0.000000974. The van der Waals surface area contributed by atoms with Crippen molar-refractivity contribution in [2.24, 2.45) is 21.8 Å². The smallest absolute Gasteiger partial charge is 0.125 e. The van der Waals surface area contributed by atoms with Gasteiger partial charge in [0.25, 0.3) is 0 Å². The van der Waals surface area contributed by atoms with E-state index in [4.69, 9.17) is 4.84 Å². The van der Waals surface area contributed by atoms with Crippen LogP contribution in [-0.4, -0.2) is 48.8 Å². The maximum absolute atomic E-state index is 13.4. The number of nitrogens with one attached hydrogen (secondary N) is 2. The van der Waals surface area contributed by atoms with Crippen LogP contribution in [0.15, 0.2) is 168 Å². The molecule has 3 saturated carbocycles. The molecule has 7 heteroatoms. The zero-order valence-electron chi connectivity index (χ0n) is 43.2. The van der Waals surface area contributed by atoms with Crippen molar-refractivity contribution in [3.63, 3.8) is 0 Å². The highest BCUT2D eigenvalue weighted by Gasteiger charge is 2.25. The lowest BCUT2D eigenvalue weighted by Gasteiger charge is -2.33. The van der Waals surface area contributed by atoms with Crippen molar-refractivity contribution in [2.45, 2.75) is 147 Å². The van der Waals surface area contributed by atoms with Gasteiger partial charge in [0.05, 0.1) is 35.4 Å². The Morgan fingerprint density at radius 1 is 0.766 bits per heavy atom. The number of hydrogen-bond donors (Lipinski definition) is 2. The number of hydroxylamine groups is 2. The first-order chi connectivity index (χ1) is 30.9. The molecule has 0 bridgehead atoms. The average molecular weight is 882 g/mol. The molecule has 2 N–H and O–H groups in total. The van der Waals surface area contributed by atoms with Crippen molar-refractivity contribution in [2.75, 3.05) is 25.5 Å². The van der Waals surface area contributed by atoms with Gasteiger partial charge in [0.1, 0.15) is 12.4 Å². The van der Waals surface area contributed by atoms with Gasteiger partial charge in [-0.05, 0) is 125 Å². The summed E-state index contributed by atoms with van der Waals surface area (Å²) < 4.78 is 13.4. The van der Waals surface area contributed by atoms with Crippen molar-refractivity contribution < 1.29 is 9.23 Å². The van der Waals surface area contributed by atoms with E-state index < -0.39 is 0 Å². The Morgan fingerprint density at radius 2 is 1.25 bits per heavy atom. The number of halogens is 1. The lowest BCUT2D eigenvalue weighted by atomic mass is 9.93. The minimum Gasteiger partial charge on any atom is -0.381 e. The quantitative estimate of drug-likeness (QED) is 0.0692. The van der Waals surface area contributed by atoms with Crippen LogP contribution in [0, 0.1) is 17.7 Å². The number of anilines is 1. The fourth-order valence-electron chi connectivity index (χ4n) is 5.50. The van der Waals surface area contributed by atoms with E-state index in [1.165, 1.54) is 57.1 Å². The molecule has 1 aromatic rings. The molecule has 1 atom stereocenters. The SMILES string of the molecule is C=CC(=NC(=C)C(/C=C\C)=C/C(=C)C1CC1)[C@H](C)Nc1cccc(F)c1.C=CC(CNC(=C)CON(C)C1CCC1)=NC(=C)C(/C=C\C)=C/C(=C)C1CC1.CC.CC.CC.CC.CC. The molecule has 0 amide bonds. The molecule has 64 heavy (non-hydrogen) atoms. The molecule has 1 aromatic carbocycles. The molecular formula is C57H92FN5O. The van der Waals surface area contributed by atoms with Gasteiger partial charge in [-0.3, -0.25) is 14.8 Å². The van der Waals surface area contributed by atoms with E-state index in [2.05, 4.69) is 78.8 Å². The van der Waals surface area contributed by atoms with Gasteiger partial charge in [-0.2, -0.15) is 5.06 Å². The van der Waals surface area contributed by atoms with Gasteiger partial charge < -0.3 is 10.6 Å². The molecule has 0 spiro atoms. The Hall–Kier alpha value is -4.85. The third-order valence-corrected chi connectivity index (χ3v) is 9.43. The van der Waals surface area contributed by atoms with Crippen molar-refractivity contribution in [1.29, 1.82) is 0 Å². The summed E-state index contributed by atoms with van der Waals surface area (Å²) in [5.74, 6) is 0.944. The molecule has 3 aliphatic rings. The van der Waals surface area contributed by atoms with E-state index in [9.17, 15) is 4.39 Å². The van der Waals surface area contributed by atoms with Crippen molar-refractivity contribution in [3.05, 3.63) is 164 Å². The predicted octanol–water partition coefficient (Wildman–Crippen LogP) is 16.5. The number of allylic oxidation sites excluding steroid dienone is 8. The minimum atomic E-state index is -0.277. The first kappa shape index (κ1) is 63.4. The van der Waals surface area contributed by atoms with Gasteiger partial charge in [-0.25, -0.2) is 4.39 Å². The maximum atomic E-state index is 13.4.